The van der Waals surface area contributed by atoms with Crippen LogP contribution in [0.4, 0.5) is 0 Å². The van der Waals surface area contributed by atoms with Crippen LogP contribution in [0.5, 0.6) is 17.2 Å². The predicted molar refractivity (Wildman–Crippen MR) is 138 cm³/mol. The van der Waals surface area contributed by atoms with Gasteiger partial charge in [0.1, 0.15) is 0 Å². The monoisotopic (exact) mass is 479 g/mol. The Labute approximate surface area is 207 Å². The van der Waals surface area contributed by atoms with E-state index in [0.717, 1.165) is 30.9 Å². The number of hydrogen-bond acceptors (Lipinski definition) is 6. The van der Waals surface area contributed by atoms with Crippen molar-refractivity contribution < 1.29 is 24.1 Å². The molecular weight excluding hydrogens is 430 g/mol. The Morgan fingerprint density at radius 3 is 2.35 bits per heavy atom. The lowest BCUT2D eigenvalue weighted by Gasteiger charge is -2.29. The van der Waals surface area contributed by atoms with E-state index < -0.39 is 0 Å². The number of rotatable bonds is 17. The number of unbranched alkanes of at least 4 members (excludes halogenated alkanes) is 3. The van der Waals surface area contributed by atoms with Gasteiger partial charge in [0.25, 0.3) is 0 Å². The van der Waals surface area contributed by atoms with Crippen molar-refractivity contribution >= 4 is 0 Å². The number of hydrogen-bond donors (Lipinski definition) is 2. The average Bonchev–Trinajstić information content (AvgIpc) is 2.85. The number of aliphatic hydroxyl groups excluding tert-OH is 1. The third kappa shape index (κ3) is 10.0. The molecule has 1 aromatic rings. The molecule has 2 rings (SSSR count). The number of ether oxygens (including phenoxy) is 4. The first-order valence-corrected chi connectivity index (χ1v) is 13.3. The van der Waals surface area contributed by atoms with Crippen LogP contribution < -0.4 is 19.5 Å². The first-order chi connectivity index (χ1) is 16.5. The van der Waals surface area contributed by atoms with Crippen molar-refractivity contribution in [3.05, 3.63) is 17.7 Å². The van der Waals surface area contributed by atoms with Crippen LogP contribution in [-0.4, -0.2) is 51.8 Å². The summed E-state index contributed by atoms with van der Waals surface area (Å²) in [4.78, 5) is 0. The summed E-state index contributed by atoms with van der Waals surface area (Å²) in [5, 5.41) is 13.8. The van der Waals surface area contributed by atoms with Crippen molar-refractivity contribution in [3.8, 4) is 17.2 Å². The van der Waals surface area contributed by atoms with Gasteiger partial charge in [-0.1, -0.05) is 46.0 Å². The standard InChI is InChI=1S/C28H49NO5/c1-21(11-8-6-7-9-13-25-22(2)12-10-16-34-25)14-15-24(30)20-29-19-23-17-26(31-3)28(33-5)27(18-23)32-4/h17-18,21-22,24-25,29-30H,6-16,19-20H2,1-5H3. The van der Waals surface area contributed by atoms with Gasteiger partial charge in [-0.25, -0.2) is 0 Å². The zero-order valence-electron chi connectivity index (χ0n) is 22.2. The van der Waals surface area contributed by atoms with Gasteiger partial charge in [-0.05, 0) is 61.6 Å². The molecule has 196 valence electrons. The molecule has 0 spiro atoms. The van der Waals surface area contributed by atoms with Crippen LogP contribution in [0.3, 0.4) is 0 Å². The van der Waals surface area contributed by atoms with Gasteiger partial charge in [0.2, 0.25) is 5.75 Å². The summed E-state index contributed by atoms with van der Waals surface area (Å²) < 4.78 is 22.1. The Hall–Kier alpha value is -1.50. The summed E-state index contributed by atoms with van der Waals surface area (Å²) in [6.07, 6.45) is 12.3. The van der Waals surface area contributed by atoms with Crippen molar-refractivity contribution in [2.75, 3.05) is 34.5 Å². The minimum absolute atomic E-state index is 0.332. The van der Waals surface area contributed by atoms with E-state index in [1.165, 1.54) is 51.4 Å². The number of benzene rings is 1. The number of nitrogens with one attached hydrogen (secondary N) is 1. The molecule has 34 heavy (non-hydrogen) atoms. The molecule has 4 atom stereocenters. The predicted octanol–water partition coefficient (Wildman–Crippen LogP) is 5.73. The first-order valence-electron chi connectivity index (χ1n) is 13.3. The molecular formula is C28H49NO5. The Morgan fingerprint density at radius 1 is 1.00 bits per heavy atom. The van der Waals surface area contributed by atoms with E-state index in [0.29, 0.717) is 42.4 Å². The normalized spacial score (nSPS) is 20.1. The molecule has 0 bridgehead atoms. The zero-order valence-corrected chi connectivity index (χ0v) is 22.2. The fourth-order valence-corrected chi connectivity index (χ4v) is 4.89. The van der Waals surface area contributed by atoms with Crippen LogP contribution in [0.2, 0.25) is 0 Å². The van der Waals surface area contributed by atoms with E-state index in [4.69, 9.17) is 18.9 Å². The number of aliphatic hydroxyl groups is 1. The maximum absolute atomic E-state index is 10.4. The third-order valence-electron chi connectivity index (χ3n) is 7.13. The van der Waals surface area contributed by atoms with Crippen molar-refractivity contribution in [2.45, 2.75) is 96.8 Å². The second-order valence-electron chi connectivity index (χ2n) is 10.0. The van der Waals surface area contributed by atoms with E-state index >= 15 is 0 Å². The van der Waals surface area contributed by atoms with Gasteiger partial charge < -0.3 is 29.4 Å². The Morgan fingerprint density at radius 2 is 1.71 bits per heavy atom. The van der Waals surface area contributed by atoms with E-state index in [1.54, 1.807) is 21.3 Å². The fourth-order valence-electron chi connectivity index (χ4n) is 4.89. The lowest BCUT2D eigenvalue weighted by Crippen LogP contribution is -2.27. The fraction of sp³-hybridized carbons (Fsp3) is 0.786. The van der Waals surface area contributed by atoms with Gasteiger partial charge >= 0.3 is 0 Å². The molecule has 1 aliphatic heterocycles. The van der Waals surface area contributed by atoms with Crippen LogP contribution in [0.1, 0.15) is 83.6 Å². The van der Waals surface area contributed by atoms with Crippen LogP contribution in [0.15, 0.2) is 12.1 Å². The van der Waals surface area contributed by atoms with Gasteiger partial charge in [-0.2, -0.15) is 0 Å². The first kappa shape index (κ1) is 28.7. The molecule has 0 aromatic heterocycles. The molecule has 1 fully saturated rings. The molecule has 4 unspecified atom stereocenters. The summed E-state index contributed by atoms with van der Waals surface area (Å²) in [5.74, 6) is 3.27. The Kier molecular flexibility index (Phi) is 13.7. The zero-order chi connectivity index (χ0) is 24.8. The third-order valence-corrected chi connectivity index (χ3v) is 7.13. The van der Waals surface area contributed by atoms with Gasteiger partial charge in [-0.3, -0.25) is 0 Å². The van der Waals surface area contributed by atoms with Crippen LogP contribution in [0, 0.1) is 11.8 Å². The van der Waals surface area contributed by atoms with E-state index in [2.05, 4.69) is 19.2 Å². The largest absolute Gasteiger partial charge is 0.493 e. The second kappa shape index (κ2) is 16.2. The molecule has 0 amide bonds. The highest BCUT2D eigenvalue weighted by Crippen LogP contribution is 2.38. The summed E-state index contributed by atoms with van der Waals surface area (Å²) >= 11 is 0. The SMILES string of the molecule is COc1cc(CNCC(O)CCC(C)CCCCCCC2OCCCC2C)cc(OC)c1OC. The molecule has 1 saturated heterocycles. The summed E-state index contributed by atoms with van der Waals surface area (Å²) in [6.45, 7) is 6.81. The van der Waals surface area contributed by atoms with Crippen molar-refractivity contribution in [1.29, 1.82) is 0 Å². The molecule has 1 aromatic carbocycles. The van der Waals surface area contributed by atoms with Crippen molar-refractivity contribution in [2.24, 2.45) is 11.8 Å². The molecule has 0 aliphatic carbocycles. The molecule has 6 nitrogen and oxygen atoms in total. The minimum Gasteiger partial charge on any atom is -0.493 e. The van der Waals surface area contributed by atoms with E-state index in [-0.39, 0.29) is 6.10 Å². The maximum Gasteiger partial charge on any atom is 0.203 e. The lowest BCUT2D eigenvalue weighted by atomic mass is 9.92. The topological polar surface area (TPSA) is 69.2 Å². The summed E-state index contributed by atoms with van der Waals surface area (Å²) in [5.41, 5.74) is 1.03. The smallest absolute Gasteiger partial charge is 0.203 e. The summed E-state index contributed by atoms with van der Waals surface area (Å²) in [6, 6.07) is 3.87. The quantitative estimate of drug-likeness (QED) is 0.278. The average molecular weight is 480 g/mol. The molecule has 6 heteroatoms. The van der Waals surface area contributed by atoms with Crippen LogP contribution >= 0.6 is 0 Å². The molecule has 2 N–H and O–H groups in total. The number of methoxy groups -OCH3 is 3. The molecule has 1 aliphatic rings. The molecule has 1 heterocycles. The lowest BCUT2D eigenvalue weighted by molar-refractivity contribution is -0.0258. The second-order valence-corrected chi connectivity index (χ2v) is 10.0. The van der Waals surface area contributed by atoms with Gasteiger partial charge in [-0.15, -0.1) is 0 Å². The van der Waals surface area contributed by atoms with Gasteiger partial charge in [0.15, 0.2) is 11.5 Å². The minimum atomic E-state index is -0.332. The van der Waals surface area contributed by atoms with Crippen LogP contribution in [0.25, 0.3) is 0 Å². The van der Waals surface area contributed by atoms with Gasteiger partial charge in [0.05, 0.1) is 33.5 Å². The highest BCUT2D eigenvalue weighted by atomic mass is 16.5. The highest BCUT2D eigenvalue weighted by Gasteiger charge is 2.21. The van der Waals surface area contributed by atoms with Crippen LogP contribution in [-0.2, 0) is 11.3 Å². The van der Waals surface area contributed by atoms with E-state index in [9.17, 15) is 5.11 Å². The van der Waals surface area contributed by atoms with E-state index in [1.807, 2.05) is 12.1 Å². The highest BCUT2D eigenvalue weighted by molar-refractivity contribution is 5.53. The summed E-state index contributed by atoms with van der Waals surface area (Å²) in [7, 11) is 4.84. The Balaban J connectivity index is 1.55. The maximum atomic E-state index is 10.4. The molecule has 0 saturated carbocycles. The van der Waals surface area contributed by atoms with Crippen molar-refractivity contribution in [3.63, 3.8) is 0 Å². The van der Waals surface area contributed by atoms with Crippen molar-refractivity contribution in [1.82, 2.24) is 5.32 Å². The molecule has 0 radical (unpaired) electrons. The van der Waals surface area contributed by atoms with Gasteiger partial charge in [0, 0.05) is 19.7 Å². The Bertz CT molecular complexity index is 658.